The zero-order chi connectivity index (χ0) is 30.1. The molecule has 4 aromatic rings. The molecule has 1 aliphatic rings. The largest absolute Gasteiger partial charge is 0.489 e. The fourth-order valence-corrected chi connectivity index (χ4v) is 6.13. The Kier molecular flexibility index (Phi) is 8.50. The first-order valence-electron chi connectivity index (χ1n) is 13.0. The maximum atomic E-state index is 13.1. The summed E-state index contributed by atoms with van der Waals surface area (Å²) in [4.78, 5) is 31.3. The molecule has 1 saturated heterocycles. The molecule has 0 aliphatic carbocycles. The number of thioether (sulfide) groups is 1. The first kappa shape index (κ1) is 29.5. The van der Waals surface area contributed by atoms with Gasteiger partial charge in [0.1, 0.15) is 12.4 Å². The van der Waals surface area contributed by atoms with Gasteiger partial charge >= 0.3 is 5.97 Å². The van der Waals surface area contributed by atoms with Crippen LogP contribution in [0.4, 0.5) is 5.69 Å². The van der Waals surface area contributed by atoms with E-state index in [2.05, 4.69) is 9.56 Å². The lowest BCUT2D eigenvalue weighted by Gasteiger charge is -2.12. The zero-order valence-electron chi connectivity index (χ0n) is 23.3. The molecule has 1 fully saturated rings. The van der Waals surface area contributed by atoms with Crippen molar-refractivity contribution in [3.05, 3.63) is 115 Å². The van der Waals surface area contributed by atoms with Crippen LogP contribution in [-0.4, -0.2) is 38.7 Å². The molecule has 0 bridgehead atoms. The SMILES string of the molecule is Cc1c(N=C2S/C(=C\c3cc(C)n(-c4ccc(OCc5ccc(Cl)cc5Cl)cc4)c3C)C(=O)N2C)cccc1C(=O)O. The van der Waals surface area contributed by atoms with Crippen molar-refractivity contribution >= 4 is 63.8 Å². The molecule has 7 nitrogen and oxygen atoms in total. The molecule has 5 rings (SSSR count). The molecule has 1 amide bonds. The van der Waals surface area contributed by atoms with Gasteiger partial charge in [-0.25, -0.2) is 9.79 Å². The molecule has 1 aliphatic heterocycles. The van der Waals surface area contributed by atoms with Gasteiger partial charge in [0, 0.05) is 39.7 Å². The van der Waals surface area contributed by atoms with Crippen LogP contribution < -0.4 is 4.74 Å². The minimum Gasteiger partial charge on any atom is -0.489 e. The minimum atomic E-state index is -1.01. The highest BCUT2D eigenvalue weighted by molar-refractivity contribution is 8.18. The molecule has 0 spiro atoms. The Balaban J connectivity index is 1.36. The van der Waals surface area contributed by atoms with Crippen molar-refractivity contribution in [1.82, 2.24) is 9.47 Å². The number of likely N-dealkylation sites (N-methyl/N-ethyl adjacent to an activating group) is 1. The summed E-state index contributed by atoms with van der Waals surface area (Å²) in [6, 6.07) is 20.1. The van der Waals surface area contributed by atoms with E-state index in [1.54, 1.807) is 38.2 Å². The van der Waals surface area contributed by atoms with E-state index in [4.69, 9.17) is 27.9 Å². The number of carboxylic acid groups (broad SMARTS) is 1. The number of aryl methyl sites for hydroxylation is 1. The Morgan fingerprint density at radius 3 is 2.48 bits per heavy atom. The Hall–Kier alpha value is -3.98. The number of hydrogen-bond donors (Lipinski definition) is 1. The van der Waals surface area contributed by atoms with Gasteiger partial charge in [-0.05, 0) is 104 Å². The molecule has 0 radical (unpaired) electrons. The standard InChI is InChI=1S/C32H27Cl2N3O4S/c1-18-14-22(15-29-30(38)36(4)32(42-29)35-28-7-5-6-26(19(28)2)31(39)40)20(3)37(18)24-10-12-25(13-11-24)41-17-21-8-9-23(33)16-27(21)34/h5-16H,17H2,1-4H3,(H,39,40)/b29-15-,35-32?. The van der Waals surface area contributed by atoms with Crippen LogP contribution in [0.25, 0.3) is 11.8 Å². The number of hydrogen-bond acceptors (Lipinski definition) is 5. The number of halogens is 2. The predicted octanol–water partition coefficient (Wildman–Crippen LogP) is 8.22. The number of carboxylic acids is 1. The summed E-state index contributed by atoms with van der Waals surface area (Å²) in [6.45, 7) is 6.06. The van der Waals surface area contributed by atoms with Gasteiger partial charge in [0.2, 0.25) is 0 Å². The van der Waals surface area contributed by atoms with Gasteiger partial charge in [-0.2, -0.15) is 0 Å². The quantitative estimate of drug-likeness (QED) is 0.211. The Morgan fingerprint density at radius 1 is 1.05 bits per heavy atom. The molecular weight excluding hydrogens is 593 g/mol. The van der Waals surface area contributed by atoms with Crippen LogP contribution >= 0.6 is 35.0 Å². The number of benzene rings is 3. The van der Waals surface area contributed by atoms with E-state index >= 15 is 0 Å². The van der Waals surface area contributed by atoms with E-state index in [0.717, 1.165) is 28.2 Å². The predicted molar refractivity (Wildman–Crippen MR) is 170 cm³/mol. The smallest absolute Gasteiger partial charge is 0.336 e. The van der Waals surface area contributed by atoms with Crippen molar-refractivity contribution < 1.29 is 19.4 Å². The van der Waals surface area contributed by atoms with Gasteiger partial charge in [0.05, 0.1) is 16.2 Å². The molecule has 1 aromatic heterocycles. The maximum absolute atomic E-state index is 13.1. The molecular formula is C32H27Cl2N3O4S. The van der Waals surface area contributed by atoms with Gasteiger partial charge < -0.3 is 14.4 Å². The monoisotopic (exact) mass is 619 g/mol. The summed E-state index contributed by atoms with van der Waals surface area (Å²) in [5, 5.41) is 11.1. The van der Waals surface area contributed by atoms with Crippen LogP contribution in [0, 0.1) is 20.8 Å². The van der Waals surface area contributed by atoms with Crippen molar-refractivity contribution in [3.8, 4) is 11.4 Å². The molecule has 2 heterocycles. The van der Waals surface area contributed by atoms with Crippen LogP contribution in [0.1, 0.15) is 38.4 Å². The molecule has 10 heteroatoms. The number of aliphatic imine (C=N–C) groups is 1. The first-order chi connectivity index (χ1) is 20.0. The second-order valence-electron chi connectivity index (χ2n) is 9.80. The fourth-order valence-electron chi connectivity index (χ4n) is 4.69. The van der Waals surface area contributed by atoms with E-state index in [0.29, 0.717) is 43.7 Å². The van der Waals surface area contributed by atoms with Gasteiger partial charge in [-0.15, -0.1) is 0 Å². The maximum Gasteiger partial charge on any atom is 0.336 e. The Labute approximate surface area is 258 Å². The number of carbonyl (C=O) groups is 2. The number of ether oxygens (including phenoxy) is 1. The minimum absolute atomic E-state index is 0.169. The molecule has 1 N–H and O–H groups in total. The zero-order valence-corrected chi connectivity index (χ0v) is 25.6. The van der Waals surface area contributed by atoms with Crippen molar-refractivity contribution in [2.45, 2.75) is 27.4 Å². The average molecular weight is 621 g/mol. The van der Waals surface area contributed by atoms with E-state index in [1.165, 1.54) is 22.7 Å². The summed E-state index contributed by atoms with van der Waals surface area (Å²) >= 11 is 13.5. The fraction of sp³-hybridized carbons (Fsp3) is 0.156. The molecule has 0 atom stereocenters. The van der Waals surface area contributed by atoms with Crippen LogP contribution in [0.15, 0.2) is 76.6 Å². The molecule has 214 valence electrons. The molecule has 0 saturated carbocycles. The van der Waals surface area contributed by atoms with Gasteiger partial charge in [0.15, 0.2) is 5.17 Å². The third-order valence-electron chi connectivity index (χ3n) is 7.02. The van der Waals surface area contributed by atoms with E-state index in [1.807, 2.05) is 56.3 Å². The molecule has 0 unspecified atom stereocenters. The van der Waals surface area contributed by atoms with E-state index in [9.17, 15) is 14.7 Å². The van der Waals surface area contributed by atoms with Crippen molar-refractivity contribution in [3.63, 3.8) is 0 Å². The van der Waals surface area contributed by atoms with Crippen LogP contribution in [0.2, 0.25) is 10.0 Å². The summed E-state index contributed by atoms with van der Waals surface area (Å²) in [5.74, 6) is -0.474. The highest BCUT2D eigenvalue weighted by Crippen LogP contribution is 2.35. The highest BCUT2D eigenvalue weighted by atomic mass is 35.5. The van der Waals surface area contributed by atoms with Crippen molar-refractivity contribution in [1.29, 1.82) is 0 Å². The summed E-state index contributed by atoms with van der Waals surface area (Å²) in [7, 11) is 1.67. The Bertz CT molecular complexity index is 1780. The Morgan fingerprint density at radius 2 is 1.79 bits per heavy atom. The average Bonchev–Trinajstić information content (AvgIpc) is 3.38. The highest BCUT2D eigenvalue weighted by Gasteiger charge is 2.31. The van der Waals surface area contributed by atoms with E-state index < -0.39 is 5.97 Å². The second-order valence-corrected chi connectivity index (χ2v) is 11.7. The van der Waals surface area contributed by atoms with Crippen LogP contribution in [0.3, 0.4) is 0 Å². The lowest BCUT2D eigenvalue weighted by molar-refractivity contribution is -0.121. The second kappa shape index (κ2) is 12.1. The summed E-state index contributed by atoms with van der Waals surface area (Å²) in [5.41, 5.74) is 5.97. The number of carbonyl (C=O) groups excluding carboxylic acids is 1. The number of aromatic carboxylic acids is 1. The third kappa shape index (κ3) is 5.97. The topological polar surface area (TPSA) is 84.1 Å². The number of amides is 1. The number of nitrogens with zero attached hydrogens (tertiary/aromatic N) is 3. The molecule has 42 heavy (non-hydrogen) atoms. The van der Waals surface area contributed by atoms with Gasteiger partial charge in [0.25, 0.3) is 5.91 Å². The normalized spacial score (nSPS) is 15.2. The third-order valence-corrected chi connectivity index (χ3v) is 8.66. The van der Waals surface area contributed by atoms with Gasteiger partial charge in [-0.3, -0.25) is 9.69 Å². The lowest BCUT2D eigenvalue weighted by Crippen LogP contribution is -2.23. The van der Waals surface area contributed by atoms with E-state index in [-0.39, 0.29) is 11.5 Å². The van der Waals surface area contributed by atoms with Crippen LogP contribution in [-0.2, 0) is 11.4 Å². The van der Waals surface area contributed by atoms with Crippen molar-refractivity contribution in [2.24, 2.45) is 4.99 Å². The van der Waals surface area contributed by atoms with Crippen molar-refractivity contribution in [2.75, 3.05) is 7.05 Å². The lowest BCUT2D eigenvalue weighted by atomic mass is 10.1. The van der Waals surface area contributed by atoms with Gasteiger partial charge in [-0.1, -0.05) is 35.3 Å². The number of amidine groups is 1. The molecule has 3 aromatic carbocycles. The van der Waals surface area contributed by atoms with Crippen LogP contribution in [0.5, 0.6) is 5.75 Å². The summed E-state index contributed by atoms with van der Waals surface area (Å²) < 4.78 is 8.05. The number of aromatic nitrogens is 1. The number of rotatable bonds is 7. The summed E-state index contributed by atoms with van der Waals surface area (Å²) in [6.07, 6.45) is 1.87. The first-order valence-corrected chi connectivity index (χ1v) is 14.6.